The summed E-state index contributed by atoms with van der Waals surface area (Å²) >= 11 is 3.50. The van der Waals surface area contributed by atoms with Crippen molar-refractivity contribution in [3.05, 3.63) is 16.1 Å². The minimum absolute atomic E-state index is 0.0758. The molecule has 1 saturated heterocycles. The molecule has 2 N–H and O–H groups in total. The van der Waals surface area contributed by atoms with Crippen LogP contribution >= 0.6 is 15.9 Å². The number of hydrogen-bond donors (Lipinski definition) is 2. The quantitative estimate of drug-likeness (QED) is 0.860. The van der Waals surface area contributed by atoms with Crippen LogP contribution in [0.4, 0.5) is 0 Å². The van der Waals surface area contributed by atoms with Crippen LogP contribution in [0.5, 0.6) is 17.2 Å². The van der Waals surface area contributed by atoms with Crippen LogP contribution in [-0.4, -0.2) is 37.9 Å². The van der Waals surface area contributed by atoms with E-state index < -0.39 is 5.97 Å². The molecular formula is C14H16BrNO5. The van der Waals surface area contributed by atoms with Gasteiger partial charge in [0.1, 0.15) is 23.4 Å². The third-order valence-corrected chi connectivity index (χ3v) is 4.54. The standard InChI is InChI=1S/C14H16BrNO5/c1-19-12-8(9-4-7(6-16-9)14(17)18)5-10-13(11(12)15)21-3-2-20-10/h5,7,9,16H,2-4,6H2,1H3,(H,17,18). The fourth-order valence-electron chi connectivity index (χ4n) is 2.77. The van der Waals surface area contributed by atoms with Crippen molar-refractivity contribution in [1.29, 1.82) is 0 Å². The molecule has 0 saturated carbocycles. The van der Waals surface area contributed by atoms with Gasteiger partial charge >= 0.3 is 5.97 Å². The maximum absolute atomic E-state index is 11.1. The molecule has 2 unspecified atom stereocenters. The lowest BCUT2D eigenvalue weighted by atomic mass is 9.98. The Labute approximate surface area is 130 Å². The van der Waals surface area contributed by atoms with E-state index >= 15 is 0 Å². The first-order valence-electron chi connectivity index (χ1n) is 6.74. The highest BCUT2D eigenvalue weighted by Crippen LogP contribution is 2.48. The zero-order valence-electron chi connectivity index (χ0n) is 11.5. The van der Waals surface area contributed by atoms with Gasteiger partial charge in [0.25, 0.3) is 0 Å². The maximum atomic E-state index is 11.1. The molecule has 2 heterocycles. The molecule has 6 nitrogen and oxygen atoms in total. The number of nitrogens with one attached hydrogen (secondary N) is 1. The second-order valence-corrected chi connectivity index (χ2v) is 5.86. The van der Waals surface area contributed by atoms with E-state index in [0.717, 1.165) is 5.56 Å². The SMILES string of the molecule is COc1c(C2CC(C(=O)O)CN2)cc2c(c1Br)OCCO2. The Morgan fingerprint density at radius 1 is 1.48 bits per heavy atom. The van der Waals surface area contributed by atoms with Gasteiger partial charge in [0.15, 0.2) is 11.5 Å². The number of carbonyl (C=O) groups is 1. The van der Waals surface area contributed by atoms with E-state index in [-0.39, 0.29) is 12.0 Å². The average molecular weight is 358 g/mol. The van der Waals surface area contributed by atoms with Gasteiger partial charge in [-0.25, -0.2) is 0 Å². The summed E-state index contributed by atoms with van der Waals surface area (Å²) in [6, 6.07) is 1.80. The summed E-state index contributed by atoms with van der Waals surface area (Å²) < 4.78 is 17.4. The molecule has 1 fully saturated rings. The van der Waals surface area contributed by atoms with Gasteiger partial charge in [0.2, 0.25) is 0 Å². The highest BCUT2D eigenvalue weighted by Gasteiger charge is 2.34. The first-order chi connectivity index (χ1) is 10.1. The number of methoxy groups -OCH3 is 1. The lowest BCUT2D eigenvalue weighted by Crippen LogP contribution is -2.19. The molecule has 0 aromatic heterocycles. The van der Waals surface area contributed by atoms with E-state index in [1.165, 1.54) is 0 Å². The Kier molecular flexibility index (Phi) is 3.95. The summed E-state index contributed by atoms with van der Waals surface area (Å²) in [6.45, 7) is 1.45. The largest absolute Gasteiger partial charge is 0.495 e. The predicted octanol–water partition coefficient (Wildman–Crippen LogP) is 1.96. The predicted molar refractivity (Wildman–Crippen MR) is 78.2 cm³/mol. The molecule has 1 aromatic rings. The number of carboxylic acids is 1. The molecular weight excluding hydrogens is 342 g/mol. The van der Waals surface area contributed by atoms with E-state index in [1.54, 1.807) is 7.11 Å². The van der Waals surface area contributed by atoms with Crippen molar-refractivity contribution in [2.24, 2.45) is 5.92 Å². The third kappa shape index (κ3) is 2.55. The lowest BCUT2D eigenvalue weighted by molar-refractivity contribution is -0.141. The molecule has 2 aliphatic rings. The van der Waals surface area contributed by atoms with Crippen LogP contribution in [0.2, 0.25) is 0 Å². The van der Waals surface area contributed by atoms with Crippen molar-refractivity contribution in [2.45, 2.75) is 12.5 Å². The highest BCUT2D eigenvalue weighted by molar-refractivity contribution is 9.10. The molecule has 21 heavy (non-hydrogen) atoms. The second-order valence-electron chi connectivity index (χ2n) is 5.07. The summed E-state index contributed by atoms with van der Waals surface area (Å²) in [5, 5.41) is 12.4. The van der Waals surface area contributed by atoms with E-state index in [9.17, 15) is 4.79 Å². The molecule has 3 rings (SSSR count). The topological polar surface area (TPSA) is 77.0 Å². The van der Waals surface area contributed by atoms with Gasteiger partial charge in [-0.05, 0) is 28.4 Å². The van der Waals surface area contributed by atoms with Gasteiger partial charge in [0, 0.05) is 18.2 Å². The number of ether oxygens (including phenoxy) is 3. The van der Waals surface area contributed by atoms with Crippen LogP contribution in [0, 0.1) is 5.92 Å². The number of hydrogen-bond acceptors (Lipinski definition) is 5. The number of fused-ring (bicyclic) bond motifs is 1. The van der Waals surface area contributed by atoms with Crippen LogP contribution in [0.1, 0.15) is 18.0 Å². The van der Waals surface area contributed by atoms with Crippen LogP contribution in [0.25, 0.3) is 0 Å². The molecule has 1 aromatic carbocycles. The van der Waals surface area contributed by atoms with Gasteiger partial charge in [-0.15, -0.1) is 0 Å². The van der Waals surface area contributed by atoms with Gasteiger partial charge in [-0.1, -0.05) is 0 Å². The molecule has 7 heteroatoms. The van der Waals surface area contributed by atoms with E-state index in [1.807, 2.05) is 6.07 Å². The third-order valence-electron chi connectivity index (χ3n) is 3.82. The van der Waals surface area contributed by atoms with E-state index in [4.69, 9.17) is 19.3 Å². The monoisotopic (exact) mass is 357 g/mol. The zero-order chi connectivity index (χ0) is 15.0. The molecule has 0 spiro atoms. The maximum Gasteiger partial charge on any atom is 0.307 e. The average Bonchev–Trinajstić information content (AvgIpc) is 2.97. The number of benzene rings is 1. The minimum Gasteiger partial charge on any atom is -0.495 e. The highest BCUT2D eigenvalue weighted by atomic mass is 79.9. The smallest absolute Gasteiger partial charge is 0.307 e. The Bertz CT molecular complexity index is 577. The van der Waals surface area contributed by atoms with Crippen molar-refractivity contribution in [3.63, 3.8) is 0 Å². The second kappa shape index (κ2) is 5.73. The van der Waals surface area contributed by atoms with Crippen molar-refractivity contribution in [1.82, 2.24) is 5.32 Å². The summed E-state index contributed by atoms with van der Waals surface area (Å²) in [7, 11) is 1.59. The molecule has 0 aliphatic carbocycles. The molecule has 114 valence electrons. The van der Waals surface area contributed by atoms with Gasteiger partial charge in [-0.2, -0.15) is 0 Å². The normalized spacial score (nSPS) is 23.9. The summed E-state index contributed by atoms with van der Waals surface area (Å²) in [4.78, 5) is 11.1. The van der Waals surface area contributed by atoms with Crippen molar-refractivity contribution in [2.75, 3.05) is 26.9 Å². The number of aliphatic carboxylic acids is 1. The van der Waals surface area contributed by atoms with E-state index in [0.29, 0.717) is 47.9 Å². The van der Waals surface area contributed by atoms with Crippen molar-refractivity contribution < 1.29 is 24.1 Å². The number of rotatable bonds is 3. The zero-order valence-corrected chi connectivity index (χ0v) is 13.1. The minimum atomic E-state index is -0.777. The first-order valence-corrected chi connectivity index (χ1v) is 7.53. The fourth-order valence-corrected chi connectivity index (χ4v) is 3.48. The summed E-state index contributed by atoms with van der Waals surface area (Å²) in [6.07, 6.45) is 0.526. The van der Waals surface area contributed by atoms with Crippen LogP contribution in [-0.2, 0) is 4.79 Å². The molecule has 0 bridgehead atoms. The molecule has 2 aliphatic heterocycles. The van der Waals surface area contributed by atoms with Gasteiger partial charge in [-0.3, -0.25) is 4.79 Å². The van der Waals surface area contributed by atoms with Crippen molar-refractivity contribution in [3.8, 4) is 17.2 Å². The summed E-state index contributed by atoms with van der Waals surface area (Å²) in [5.41, 5.74) is 0.886. The first kappa shape index (κ1) is 14.5. The molecule has 0 amide bonds. The Hall–Kier alpha value is -1.47. The van der Waals surface area contributed by atoms with Crippen LogP contribution in [0.3, 0.4) is 0 Å². The van der Waals surface area contributed by atoms with Gasteiger partial charge < -0.3 is 24.6 Å². The Morgan fingerprint density at radius 2 is 2.24 bits per heavy atom. The van der Waals surface area contributed by atoms with Crippen LogP contribution in [0.15, 0.2) is 10.5 Å². The van der Waals surface area contributed by atoms with E-state index in [2.05, 4.69) is 21.2 Å². The fraction of sp³-hybridized carbons (Fsp3) is 0.500. The van der Waals surface area contributed by atoms with Crippen LogP contribution < -0.4 is 19.5 Å². The Morgan fingerprint density at radius 3 is 2.90 bits per heavy atom. The molecule has 2 atom stereocenters. The molecule has 0 radical (unpaired) electrons. The lowest BCUT2D eigenvalue weighted by Gasteiger charge is -2.24. The number of halogens is 1. The van der Waals surface area contributed by atoms with Gasteiger partial charge in [0.05, 0.1) is 13.0 Å². The summed E-state index contributed by atoms with van der Waals surface area (Å²) in [5.74, 6) is 0.786. The van der Waals surface area contributed by atoms with Crippen molar-refractivity contribution >= 4 is 21.9 Å². The number of carboxylic acid groups (broad SMARTS) is 1. The Balaban J connectivity index is 1.98.